The molecule has 2 aliphatic carbocycles. The number of amides is 1. The maximum atomic E-state index is 13.6. The standard InChI is InChI=1S/C33H42ClN3O5S/c1-4-36-16-6-8-30(41-3)27-12-9-24(27)19-37-20-33(15-5-7-23-17-25(34)10-13-28(23)33)21-42-31-14-11-26(18-29(31)37)43(39,40)35-32(38)22(36)2/h6,8,10-11,13-14,17-18,22,24,27,30H,4-5,7,9,12,15-16,19-21H2,1-3H3,(H,35,38)/b8-6-/t22-,24+,27-,30-,33+/m1/s1. The Morgan fingerprint density at radius 1 is 1.19 bits per heavy atom. The fourth-order valence-corrected chi connectivity index (χ4v) is 8.79. The number of carbonyl (C=O) groups excluding carboxylic acids is 1. The number of likely N-dealkylation sites (N-methyl/N-ethyl adjacent to an activating group) is 1. The van der Waals surface area contributed by atoms with Gasteiger partial charge >= 0.3 is 0 Å². The molecular weight excluding hydrogens is 586 g/mol. The average Bonchev–Trinajstić information content (AvgIpc) is 3.12. The van der Waals surface area contributed by atoms with E-state index in [1.54, 1.807) is 32.2 Å². The minimum atomic E-state index is -4.11. The van der Waals surface area contributed by atoms with E-state index in [4.69, 9.17) is 21.1 Å². The number of sulfonamides is 1. The summed E-state index contributed by atoms with van der Waals surface area (Å²) in [6, 6.07) is 10.5. The Labute approximate surface area is 260 Å². The topological polar surface area (TPSA) is 88.2 Å². The molecule has 0 saturated heterocycles. The highest BCUT2D eigenvalue weighted by molar-refractivity contribution is 7.90. The Balaban J connectivity index is 1.44. The summed E-state index contributed by atoms with van der Waals surface area (Å²) < 4.78 is 42.0. The summed E-state index contributed by atoms with van der Waals surface area (Å²) in [7, 11) is -2.34. The van der Waals surface area contributed by atoms with Crippen molar-refractivity contribution in [2.45, 2.75) is 68.4 Å². The van der Waals surface area contributed by atoms with Crippen molar-refractivity contribution in [3.05, 3.63) is 64.7 Å². The smallest absolute Gasteiger partial charge is 0.264 e. The number of nitrogens with one attached hydrogen (secondary N) is 1. The summed E-state index contributed by atoms with van der Waals surface area (Å²) in [6.07, 6.45) is 9.27. The quantitative estimate of drug-likeness (QED) is 0.472. The summed E-state index contributed by atoms with van der Waals surface area (Å²) in [6.45, 7) is 6.78. The van der Waals surface area contributed by atoms with Crippen molar-refractivity contribution in [1.29, 1.82) is 0 Å². The molecule has 0 aromatic heterocycles. The van der Waals surface area contributed by atoms with E-state index >= 15 is 0 Å². The number of rotatable bonds is 2. The van der Waals surface area contributed by atoms with Crippen LogP contribution in [0.1, 0.15) is 50.7 Å². The molecule has 8 nitrogen and oxygen atoms in total. The molecule has 1 fully saturated rings. The number of ether oxygens (including phenoxy) is 2. The van der Waals surface area contributed by atoms with Gasteiger partial charge in [-0.15, -0.1) is 0 Å². The predicted octanol–water partition coefficient (Wildman–Crippen LogP) is 4.94. The SMILES string of the molecule is CCN1C/C=C\[C@@H](OC)[C@@H]2CC[C@H]2CN2C[C@@]3(CCCc4cc(Cl)ccc43)COc3ccc(cc32)S(=O)(=O)NC(=O)[C@H]1C. The fraction of sp³-hybridized carbons (Fsp3) is 0.545. The molecule has 2 aromatic carbocycles. The number of hydrogen-bond acceptors (Lipinski definition) is 7. The molecule has 2 aliphatic heterocycles. The van der Waals surface area contributed by atoms with Gasteiger partial charge in [-0.3, -0.25) is 9.69 Å². The number of fused-ring (bicyclic) bond motifs is 4. The van der Waals surface area contributed by atoms with Crippen LogP contribution in [0.2, 0.25) is 5.02 Å². The number of aryl methyl sites for hydroxylation is 1. The number of methoxy groups -OCH3 is 1. The lowest BCUT2D eigenvalue weighted by Gasteiger charge is -2.46. The molecule has 2 aromatic rings. The number of halogens is 1. The van der Waals surface area contributed by atoms with Crippen LogP contribution < -0.4 is 14.4 Å². The van der Waals surface area contributed by atoms with E-state index in [0.717, 1.165) is 49.4 Å². The molecule has 6 rings (SSSR count). The normalized spacial score (nSPS) is 31.5. The van der Waals surface area contributed by atoms with Crippen molar-refractivity contribution < 1.29 is 22.7 Å². The first-order valence-corrected chi connectivity index (χ1v) is 17.3. The molecule has 0 unspecified atom stereocenters. The third kappa shape index (κ3) is 5.81. The van der Waals surface area contributed by atoms with Crippen LogP contribution in [0.15, 0.2) is 53.4 Å². The second-order valence-corrected chi connectivity index (χ2v) is 14.7. The van der Waals surface area contributed by atoms with E-state index in [2.05, 4.69) is 33.9 Å². The molecule has 1 amide bonds. The van der Waals surface area contributed by atoms with Crippen molar-refractivity contribution in [2.75, 3.05) is 44.8 Å². The number of benzene rings is 2. The van der Waals surface area contributed by atoms with Crippen LogP contribution in [0, 0.1) is 11.8 Å². The zero-order valence-corrected chi connectivity index (χ0v) is 26.8. The van der Waals surface area contributed by atoms with Crippen molar-refractivity contribution in [3.8, 4) is 5.75 Å². The van der Waals surface area contributed by atoms with Gasteiger partial charge in [-0.25, -0.2) is 13.1 Å². The van der Waals surface area contributed by atoms with E-state index in [1.807, 2.05) is 17.9 Å². The van der Waals surface area contributed by atoms with Crippen molar-refractivity contribution in [1.82, 2.24) is 9.62 Å². The van der Waals surface area contributed by atoms with Gasteiger partial charge in [0.25, 0.3) is 15.9 Å². The third-order valence-electron chi connectivity index (χ3n) is 10.2. The van der Waals surface area contributed by atoms with E-state index in [1.165, 1.54) is 11.1 Å². The van der Waals surface area contributed by atoms with Crippen LogP contribution >= 0.6 is 11.6 Å². The van der Waals surface area contributed by atoms with Crippen LogP contribution in [0.3, 0.4) is 0 Å². The van der Waals surface area contributed by atoms with Gasteiger partial charge < -0.3 is 14.4 Å². The lowest BCUT2D eigenvalue weighted by atomic mass is 9.68. The molecule has 4 aliphatic rings. The number of nitrogens with zero attached hydrogens (tertiary/aromatic N) is 2. The van der Waals surface area contributed by atoms with Crippen molar-refractivity contribution in [3.63, 3.8) is 0 Å². The van der Waals surface area contributed by atoms with Gasteiger partial charge in [-0.2, -0.15) is 0 Å². The van der Waals surface area contributed by atoms with Gasteiger partial charge in [0, 0.05) is 37.2 Å². The van der Waals surface area contributed by atoms with Gasteiger partial charge in [-0.05, 0) is 98.9 Å². The summed E-state index contributed by atoms with van der Waals surface area (Å²) >= 11 is 6.41. The largest absolute Gasteiger partial charge is 0.490 e. The molecule has 1 N–H and O–H groups in total. The highest BCUT2D eigenvalue weighted by Gasteiger charge is 2.44. The number of carbonyl (C=O) groups is 1. The van der Waals surface area contributed by atoms with Gasteiger partial charge in [0.05, 0.1) is 29.3 Å². The molecule has 5 atom stereocenters. The third-order valence-corrected chi connectivity index (χ3v) is 11.8. The van der Waals surface area contributed by atoms with Crippen molar-refractivity contribution in [2.24, 2.45) is 11.8 Å². The first-order valence-electron chi connectivity index (χ1n) is 15.4. The molecule has 2 heterocycles. The number of hydrogen-bond donors (Lipinski definition) is 1. The Bertz CT molecular complexity index is 1510. The fourth-order valence-electron chi connectivity index (χ4n) is 7.53. The minimum absolute atomic E-state index is 0.0320. The summed E-state index contributed by atoms with van der Waals surface area (Å²) in [5.74, 6) is 0.830. The van der Waals surface area contributed by atoms with E-state index < -0.39 is 22.0 Å². The molecule has 10 heteroatoms. The summed E-state index contributed by atoms with van der Waals surface area (Å²) in [5, 5.41) is 0.739. The highest BCUT2D eigenvalue weighted by Crippen LogP contribution is 2.47. The Morgan fingerprint density at radius 2 is 2.02 bits per heavy atom. The molecular formula is C33H42ClN3O5S. The minimum Gasteiger partial charge on any atom is -0.490 e. The van der Waals surface area contributed by atoms with Gasteiger partial charge in [0.15, 0.2) is 0 Å². The zero-order chi connectivity index (χ0) is 30.4. The lowest BCUT2D eigenvalue weighted by Crippen LogP contribution is -2.50. The van der Waals surface area contributed by atoms with Crippen LogP contribution in [0.5, 0.6) is 5.75 Å². The monoisotopic (exact) mass is 627 g/mol. The molecule has 1 spiro atoms. The van der Waals surface area contributed by atoms with Gasteiger partial charge in [0.2, 0.25) is 0 Å². The van der Waals surface area contributed by atoms with E-state index in [9.17, 15) is 13.2 Å². The van der Waals surface area contributed by atoms with E-state index in [0.29, 0.717) is 43.8 Å². The van der Waals surface area contributed by atoms with Crippen LogP contribution in [0.4, 0.5) is 5.69 Å². The van der Waals surface area contributed by atoms with Crippen LogP contribution in [0.25, 0.3) is 0 Å². The Hall–Kier alpha value is -2.59. The summed E-state index contributed by atoms with van der Waals surface area (Å²) in [4.78, 5) is 17.5. The van der Waals surface area contributed by atoms with Gasteiger partial charge in [0.1, 0.15) is 5.75 Å². The van der Waals surface area contributed by atoms with Crippen LogP contribution in [-0.2, 0) is 31.4 Å². The zero-order valence-electron chi connectivity index (χ0n) is 25.2. The molecule has 1 saturated carbocycles. The van der Waals surface area contributed by atoms with Gasteiger partial charge in [-0.1, -0.05) is 36.7 Å². The maximum Gasteiger partial charge on any atom is 0.264 e. The van der Waals surface area contributed by atoms with Crippen LogP contribution in [-0.4, -0.2) is 71.3 Å². The highest BCUT2D eigenvalue weighted by atomic mass is 35.5. The second-order valence-electron chi connectivity index (χ2n) is 12.6. The summed E-state index contributed by atoms with van der Waals surface area (Å²) in [5.41, 5.74) is 3.01. The maximum absolute atomic E-state index is 13.6. The van der Waals surface area contributed by atoms with Crippen molar-refractivity contribution >= 4 is 33.2 Å². The molecule has 43 heavy (non-hydrogen) atoms. The van der Waals surface area contributed by atoms with E-state index in [-0.39, 0.29) is 16.4 Å². The second kappa shape index (κ2) is 12.1. The Morgan fingerprint density at radius 3 is 2.77 bits per heavy atom. The first-order chi connectivity index (χ1) is 20.6. The first kappa shape index (κ1) is 30.4. The molecule has 0 radical (unpaired) electrons. The predicted molar refractivity (Wildman–Crippen MR) is 168 cm³/mol. The Kier molecular flexibility index (Phi) is 8.54. The number of anilines is 1. The molecule has 232 valence electrons. The molecule has 2 bridgehead atoms. The average molecular weight is 628 g/mol. The lowest BCUT2D eigenvalue weighted by molar-refractivity contribution is -0.123.